The third-order valence-corrected chi connectivity index (χ3v) is 4.30. The number of hydrogen-bond donors (Lipinski definition) is 3. The number of nitrogens with two attached hydrogens (primary N) is 1. The van der Waals surface area contributed by atoms with Crippen LogP contribution in [0.3, 0.4) is 0 Å². The summed E-state index contributed by atoms with van der Waals surface area (Å²) in [4.78, 5) is 26.3. The van der Waals surface area contributed by atoms with Crippen molar-refractivity contribution in [1.29, 1.82) is 5.26 Å². The normalized spacial score (nSPS) is 13.2. The van der Waals surface area contributed by atoms with Gasteiger partial charge in [-0.2, -0.15) is 10.2 Å². The van der Waals surface area contributed by atoms with E-state index in [1.807, 2.05) is 0 Å². The summed E-state index contributed by atoms with van der Waals surface area (Å²) in [6, 6.07) is 8.82. The van der Waals surface area contributed by atoms with Crippen LogP contribution in [-0.4, -0.2) is 46.2 Å². The first-order valence-electron chi connectivity index (χ1n) is 9.79. The van der Waals surface area contributed by atoms with Crippen molar-refractivity contribution in [2.45, 2.75) is 44.8 Å². The lowest BCUT2D eigenvalue weighted by molar-refractivity contribution is -0.0523. The number of carbonyl (C=O) groups excluding carboxylic acids is 1. The molecule has 11 heteroatoms. The van der Waals surface area contributed by atoms with Gasteiger partial charge in [0.25, 0.3) is 5.91 Å². The molecule has 1 aliphatic rings. The molecule has 1 aliphatic carbocycles. The second-order valence-corrected chi connectivity index (χ2v) is 7.61. The van der Waals surface area contributed by atoms with Gasteiger partial charge in [-0.1, -0.05) is 12.1 Å². The molecule has 1 aromatic carbocycles. The summed E-state index contributed by atoms with van der Waals surface area (Å²) >= 11 is 0. The van der Waals surface area contributed by atoms with E-state index in [4.69, 9.17) is 20.6 Å². The number of hydrogen-bond acceptors (Lipinski definition) is 8. The molecule has 172 valence electrons. The van der Waals surface area contributed by atoms with E-state index in [-0.39, 0.29) is 35.8 Å². The van der Waals surface area contributed by atoms with Gasteiger partial charge in [0, 0.05) is 5.56 Å². The zero-order valence-electron chi connectivity index (χ0n) is 17.8. The molecule has 0 radical (unpaired) electrons. The molecule has 9 nitrogen and oxygen atoms in total. The Hall–Kier alpha value is -3.36. The molecular weight excluding hydrogens is 424 g/mol. The maximum atomic E-state index is 12.6. The monoisotopic (exact) mass is 449 g/mol. The van der Waals surface area contributed by atoms with E-state index in [1.165, 1.54) is 0 Å². The molecule has 1 heterocycles. The third kappa shape index (κ3) is 7.11. The minimum Gasteiger partial charge on any atom is -0.474 e. The van der Waals surface area contributed by atoms with Crippen LogP contribution in [0.4, 0.5) is 14.6 Å². The number of halogens is 2. The summed E-state index contributed by atoms with van der Waals surface area (Å²) in [6.45, 7) is 1.23. The second-order valence-electron chi connectivity index (χ2n) is 7.61. The number of benzene rings is 1. The van der Waals surface area contributed by atoms with Crippen molar-refractivity contribution in [3.05, 3.63) is 35.4 Å². The molecule has 0 saturated heterocycles. The number of amides is 1. The fourth-order valence-corrected chi connectivity index (χ4v) is 2.59. The van der Waals surface area contributed by atoms with Crippen molar-refractivity contribution in [2.24, 2.45) is 0 Å². The zero-order valence-corrected chi connectivity index (χ0v) is 17.8. The number of nitrogens with one attached hydrogen (secondary N) is 1. The fourth-order valence-electron chi connectivity index (χ4n) is 2.59. The first-order valence-corrected chi connectivity index (χ1v) is 9.79. The summed E-state index contributed by atoms with van der Waals surface area (Å²) in [5.74, 6) is -0.429. The minimum atomic E-state index is -1.75. The number of carbonyl (C=O) groups is 1. The Morgan fingerprint density at radius 2 is 2.06 bits per heavy atom. The Kier molecular flexibility index (Phi) is 8.80. The quantitative estimate of drug-likeness (QED) is 0.548. The number of aliphatic hydroxyl groups is 1. The number of anilines is 1. The van der Waals surface area contributed by atoms with Gasteiger partial charge in [-0.05, 0) is 45.2 Å². The molecule has 0 bridgehead atoms. The van der Waals surface area contributed by atoms with Crippen LogP contribution in [0, 0.1) is 11.3 Å². The highest BCUT2D eigenvalue weighted by molar-refractivity contribution is 6.00. The van der Waals surface area contributed by atoms with Crippen LogP contribution in [-0.2, 0) is 4.84 Å². The summed E-state index contributed by atoms with van der Waals surface area (Å²) in [5.41, 5.74) is 8.19. The number of alkyl halides is 2. The van der Waals surface area contributed by atoms with E-state index >= 15 is 0 Å². The molecule has 0 unspecified atom stereocenters. The number of nitriles is 1. The van der Waals surface area contributed by atoms with Gasteiger partial charge in [0.1, 0.15) is 24.1 Å². The molecule has 32 heavy (non-hydrogen) atoms. The molecule has 1 saturated carbocycles. The lowest BCUT2D eigenvalue weighted by Crippen LogP contribution is -2.34. The number of aromatic nitrogens is 2. The van der Waals surface area contributed by atoms with Crippen molar-refractivity contribution < 1.29 is 28.3 Å². The highest BCUT2D eigenvalue weighted by atomic mass is 19.3. The fraction of sp³-hybridized carbons (Fsp3) is 0.429. The van der Waals surface area contributed by atoms with Gasteiger partial charge in [0.15, 0.2) is 5.82 Å². The van der Waals surface area contributed by atoms with E-state index in [2.05, 4.69) is 21.5 Å². The molecule has 1 amide bonds. The Balaban J connectivity index is 0.00000114. The predicted octanol–water partition coefficient (Wildman–Crippen LogP) is 2.84. The van der Waals surface area contributed by atoms with E-state index in [1.54, 1.807) is 38.1 Å². The van der Waals surface area contributed by atoms with Crippen LogP contribution in [0.2, 0.25) is 0 Å². The van der Waals surface area contributed by atoms with E-state index in [0.717, 1.165) is 19.3 Å². The third-order valence-electron chi connectivity index (χ3n) is 4.30. The standard InChI is InChI=1S/C20H23N5O4.CH2F2/c1-20(2,27)11-28-25-18(26)15-16(22)23-17(13-6-3-5-12(9-13)10-21)24-19(15)29-14-7-4-8-14;2-1-3/h3,5-6,9,14,27H,4,7-8,11H2,1-2H3,(H,25,26)(H2,22,23,24);1H2. The zero-order chi connectivity index (χ0) is 23.7. The summed E-state index contributed by atoms with van der Waals surface area (Å²) in [7, 11) is 0. The van der Waals surface area contributed by atoms with Crippen molar-refractivity contribution in [1.82, 2.24) is 15.4 Å². The molecule has 3 rings (SSSR count). The lowest BCUT2D eigenvalue weighted by atomic mass is 9.96. The molecule has 0 atom stereocenters. The Labute approximate surface area is 184 Å². The number of ether oxygens (including phenoxy) is 1. The van der Waals surface area contributed by atoms with Gasteiger partial charge >= 0.3 is 0 Å². The highest BCUT2D eigenvalue weighted by Crippen LogP contribution is 2.31. The Bertz CT molecular complexity index is 972. The van der Waals surface area contributed by atoms with Crippen LogP contribution in [0.25, 0.3) is 11.4 Å². The van der Waals surface area contributed by atoms with Crippen molar-refractivity contribution in [2.75, 3.05) is 19.3 Å². The summed E-state index contributed by atoms with van der Waals surface area (Å²) in [5, 5.41) is 18.8. The Morgan fingerprint density at radius 3 is 2.62 bits per heavy atom. The van der Waals surface area contributed by atoms with Crippen molar-refractivity contribution in [3.8, 4) is 23.3 Å². The van der Waals surface area contributed by atoms with Gasteiger partial charge in [-0.25, -0.2) is 19.2 Å². The maximum absolute atomic E-state index is 12.6. The number of rotatable bonds is 7. The van der Waals surface area contributed by atoms with E-state index < -0.39 is 18.4 Å². The molecule has 0 aliphatic heterocycles. The van der Waals surface area contributed by atoms with Gasteiger partial charge in [0.05, 0.1) is 17.2 Å². The average Bonchev–Trinajstić information content (AvgIpc) is 2.70. The average molecular weight is 449 g/mol. The smallest absolute Gasteiger partial charge is 0.284 e. The predicted molar refractivity (Wildman–Crippen MR) is 112 cm³/mol. The molecule has 2 aromatic rings. The molecule has 1 fully saturated rings. The number of nitrogens with zero attached hydrogens (tertiary/aromatic N) is 3. The largest absolute Gasteiger partial charge is 0.474 e. The van der Waals surface area contributed by atoms with Crippen LogP contribution in [0.15, 0.2) is 24.3 Å². The highest BCUT2D eigenvalue weighted by Gasteiger charge is 2.27. The topological polar surface area (TPSA) is 143 Å². The maximum Gasteiger partial charge on any atom is 0.284 e. The van der Waals surface area contributed by atoms with E-state index in [9.17, 15) is 18.7 Å². The van der Waals surface area contributed by atoms with Crippen molar-refractivity contribution in [3.63, 3.8) is 0 Å². The van der Waals surface area contributed by atoms with Gasteiger partial charge < -0.3 is 15.6 Å². The van der Waals surface area contributed by atoms with Gasteiger partial charge in [0.2, 0.25) is 12.8 Å². The number of nitrogen functional groups attached to an aromatic ring is 1. The second kappa shape index (κ2) is 11.3. The molecule has 0 spiro atoms. The van der Waals surface area contributed by atoms with Crippen molar-refractivity contribution >= 4 is 11.7 Å². The Morgan fingerprint density at radius 1 is 1.38 bits per heavy atom. The van der Waals surface area contributed by atoms with E-state index in [0.29, 0.717) is 11.1 Å². The van der Waals surface area contributed by atoms with Gasteiger partial charge in [-0.3, -0.25) is 9.63 Å². The molecular formula is C21H25F2N5O4. The molecule has 4 N–H and O–H groups in total. The van der Waals surface area contributed by atoms with Crippen LogP contribution < -0.4 is 16.0 Å². The first-order chi connectivity index (χ1) is 15.2. The van der Waals surface area contributed by atoms with Crippen LogP contribution >= 0.6 is 0 Å². The SMILES string of the molecule is CC(C)(O)CONC(=O)c1c(N)nc(-c2cccc(C#N)c2)nc1OC1CCC1.FCF. The van der Waals surface area contributed by atoms with Crippen LogP contribution in [0.1, 0.15) is 49.0 Å². The lowest BCUT2D eigenvalue weighted by Gasteiger charge is -2.27. The molecule has 1 aromatic heterocycles. The van der Waals surface area contributed by atoms with Crippen LogP contribution in [0.5, 0.6) is 5.88 Å². The summed E-state index contributed by atoms with van der Waals surface area (Å²) in [6.07, 6.45) is 2.71. The first kappa shape index (κ1) is 24.9. The summed E-state index contributed by atoms with van der Waals surface area (Å²) < 4.78 is 25.1. The number of hydroxylamine groups is 1. The minimum absolute atomic E-state index is 0.0344. The van der Waals surface area contributed by atoms with Gasteiger partial charge in [-0.15, -0.1) is 0 Å².